The van der Waals surface area contributed by atoms with Crippen molar-refractivity contribution in [2.45, 2.75) is 64.3 Å². The van der Waals surface area contributed by atoms with E-state index < -0.39 is 0 Å². The van der Waals surface area contributed by atoms with Crippen LogP contribution in [0.5, 0.6) is 0 Å². The molecule has 2 aromatic heterocycles. The summed E-state index contributed by atoms with van der Waals surface area (Å²) in [6, 6.07) is 8.17. The fourth-order valence-corrected chi connectivity index (χ4v) is 6.09. The number of carbonyl (C=O) groups is 2. The van der Waals surface area contributed by atoms with Crippen molar-refractivity contribution in [1.29, 1.82) is 0 Å². The number of aromatic nitrogens is 3. The predicted octanol–water partition coefficient (Wildman–Crippen LogP) is 4.10. The summed E-state index contributed by atoms with van der Waals surface area (Å²) in [5, 5.41) is 5.22. The smallest absolute Gasteiger partial charge is 0.227 e. The maximum atomic E-state index is 12.7. The molecule has 0 spiro atoms. The predicted molar refractivity (Wildman–Crippen MR) is 149 cm³/mol. The molecule has 38 heavy (non-hydrogen) atoms. The number of benzene rings is 1. The zero-order valence-electron chi connectivity index (χ0n) is 21.8. The van der Waals surface area contributed by atoms with Crippen LogP contribution in [-0.2, 0) is 29.0 Å². The topological polar surface area (TPSA) is 95.7 Å². The van der Waals surface area contributed by atoms with Gasteiger partial charge >= 0.3 is 0 Å². The lowest BCUT2D eigenvalue weighted by Crippen LogP contribution is -2.48. The van der Waals surface area contributed by atoms with Crippen LogP contribution in [0, 0.1) is 0 Å². The Morgan fingerprint density at radius 3 is 2.32 bits per heavy atom. The van der Waals surface area contributed by atoms with E-state index in [9.17, 15) is 9.59 Å². The van der Waals surface area contributed by atoms with Gasteiger partial charge in [0.25, 0.3) is 0 Å². The minimum absolute atomic E-state index is 0. The standard InChI is InChI=1S/C27H36N6O3S.ClH/c34-26(11-7-10-25-28-21-8-3-4-9-22(21)37-25)33-18-16-31(17-19-33)20-23-29-24(36-30-23)12-13-27(35)32-14-5-1-2-6-15-32;/h3-4,8-9H,1-2,5-7,10-20H2;1H. The third-order valence-corrected chi connectivity index (χ3v) is 8.33. The van der Waals surface area contributed by atoms with E-state index in [2.05, 4.69) is 26.1 Å². The first kappa shape index (κ1) is 28.4. The first-order valence-corrected chi connectivity index (χ1v) is 14.4. The molecule has 2 saturated heterocycles. The van der Waals surface area contributed by atoms with Crippen molar-refractivity contribution in [3.8, 4) is 0 Å². The van der Waals surface area contributed by atoms with Crippen molar-refractivity contribution in [2.24, 2.45) is 0 Å². The van der Waals surface area contributed by atoms with E-state index in [4.69, 9.17) is 4.52 Å². The maximum absolute atomic E-state index is 12.7. The Morgan fingerprint density at radius 2 is 1.55 bits per heavy atom. The molecular formula is C27H37ClN6O3S. The highest BCUT2D eigenvalue weighted by molar-refractivity contribution is 7.18. The van der Waals surface area contributed by atoms with Crippen LogP contribution in [0.3, 0.4) is 0 Å². The van der Waals surface area contributed by atoms with Crippen LogP contribution >= 0.6 is 23.7 Å². The van der Waals surface area contributed by atoms with Crippen LogP contribution in [-0.4, -0.2) is 80.9 Å². The molecule has 2 fully saturated rings. The molecule has 0 N–H and O–H groups in total. The second-order valence-electron chi connectivity index (χ2n) is 9.99. The summed E-state index contributed by atoms with van der Waals surface area (Å²) in [5.74, 6) is 1.58. The van der Waals surface area contributed by atoms with Gasteiger partial charge in [0.2, 0.25) is 17.7 Å². The summed E-state index contributed by atoms with van der Waals surface area (Å²) >= 11 is 1.72. The Balaban J connectivity index is 0.00000336. The molecular weight excluding hydrogens is 524 g/mol. The monoisotopic (exact) mass is 560 g/mol. The van der Waals surface area contributed by atoms with E-state index in [1.807, 2.05) is 28.0 Å². The minimum atomic E-state index is 0. The minimum Gasteiger partial charge on any atom is -0.343 e. The Morgan fingerprint density at radius 1 is 0.842 bits per heavy atom. The highest BCUT2D eigenvalue weighted by Crippen LogP contribution is 2.23. The van der Waals surface area contributed by atoms with Gasteiger partial charge in [0.15, 0.2) is 5.82 Å². The molecule has 5 rings (SSSR count). The van der Waals surface area contributed by atoms with Gasteiger partial charge in [-0.15, -0.1) is 23.7 Å². The number of fused-ring (bicyclic) bond motifs is 1. The number of carbonyl (C=O) groups excluding carboxylic acids is 2. The quantitative estimate of drug-likeness (QED) is 0.389. The fourth-order valence-electron chi connectivity index (χ4n) is 5.08. The highest BCUT2D eigenvalue weighted by atomic mass is 35.5. The van der Waals surface area contributed by atoms with Gasteiger partial charge in [-0.2, -0.15) is 4.98 Å². The van der Waals surface area contributed by atoms with Crippen molar-refractivity contribution in [2.75, 3.05) is 39.3 Å². The number of aryl methyl sites for hydroxylation is 2. The average molecular weight is 561 g/mol. The molecule has 206 valence electrons. The lowest BCUT2D eigenvalue weighted by atomic mass is 10.2. The number of rotatable bonds is 9. The molecule has 3 aromatic rings. The number of para-hydroxylation sites is 1. The molecule has 0 unspecified atom stereocenters. The molecule has 4 heterocycles. The van der Waals surface area contributed by atoms with Gasteiger partial charge in [-0.25, -0.2) is 4.98 Å². The van der Waals surface area contributed by atoms with E-state index >= 15 is 0 Å². The molecule has 0 radical (unpaired) electrons. The average Bonchev–Trinajstić information content (AvgIpc) is 3.44. The number of thiazole rings is 1. The molecule has 0 aliphatic carbocycles. The Hall–Kier alpha value is -2.56. The molecule has 2 amide bonds. The maximum Gasteiger partial charge on any atom is 0.227 e. The van der Waals surface area contributed by atoms with Crippen molar-refractivity contribution in [3.63, 3.8) is 0 Å². The molecule has 0 atom stereocenters. The van der Waals surface area contributed by atoms with E-state index in [1.54, 1.807) is 11.3 Å². The van der Waals surface area contributed by atoms with Crippen LogP contribution in [0.25, 0.3) is 10.2 Å². The fraction of sp³-hybridized carbons (Fsp3) is 0.593. The van der Waals surface area contributed by atoms with E-state index in [1.165, 1.54) is 17.5 Å². The number of amides is 2. The van der Waals surface area contributed by atoms with Crippen LogP contribution in [0.15, 0.2) is 28.8 Å². The zero-order valence-corrected chi connectivity index (χ0v) is 23.5. The number of hydrogen-bond acceptors (Lipinski definition) is 8. The molecule has 0 saturated carbocycles. The summed E-state index contributed by atoms with van der Waals surface area (Å²) in [7, 11) is 0. The van der Waals surface area contributed by atoms with E-state index in [0.717, 1.165) is 75.5 Å². The van der Waals surface area contributed by atoms with Gasteiger partial charge in [-0.3, -0.25) is 14.5 Å². The number of hydrogen-bond donors (Lipinski definition) is 0. The van der Waals surface area contributed by atoms with Gasteiger partial charge in [0.05, 0.1) is 21.8 Å². The molecule has 0 bridgehead atoms. The van der Waals surface area contributed by atoms with Crippen LogP contribution in [0.1, 0.15) is 61.7 Å². The number of nitrogens with zero attached hydrogens (tertiary/aromatic N) is 6. The zero-order chi connectivity index (χ0) is 25.5. The Bertz CT molecular complexity index is 1150. The molecule has 9 nitrogen and oxygen atoms in total. The van der Waals surface area contributed by atoms with Crippen LogP contribution in [0.2, 0.25) is 0 Å². The summed E-state index contributed by atoms with van der Waals surface area (Å²) in [6.07, 6.45) is 7.75. The summed E-state index contributed by atoms with van der Waals surface area (Å²) < 4.78 is 6.60. The second kappa shape index (κ2) is 14.0. The number of halogens is 1. The van der Waals surface area contributed by atoms with Crippen molar-refractivity contribution >= 4 is 45.8 Å². The molecule has 2 aliphatic rings. The normalized spacial score (nSPS) is 16.8. The Labute approximate surface area is 234 Å². The van der Waals surface area contributed by atoms with E-state index in [0.29, 0.717) is 37.5 Å². The van der Waals surface area contributed by atoms with Crippen LogP contribution in [0.4, 0.5) is 0 Å². The summed E-state index contributed by atoms with van der Waals surface area (Å²) in [4.78, 5) is 40.6. The van der Waals surface area contributed by atoms with Gasteiger partial charge in [0, 0.05) is 58.5 Å². The van der Waals surface area contributed by atoms with Crippen molar-refractivity contribution in [3.05, 3.63) is 41.0 Å². The van der Waals surface area contributed by atoms with E-state index in [-0.39, 0.29) is 24.2 Å². The van der Waals surface area contributed by atoms with Gasteiger partial charge in [-0.1, -0.05) is 30.1 Å². The number of piperazine rings is 1. The third-order valence-electron chi connectivity index (χ3n) is 7.23. The second-order valence-corrected chi connectivity index (χ2v) is 11.1. The van der Waals surface area contributed by atoms with Gasteiger partial charge in [-0.05, 0) is 37.8 Å². The lowest BCUT2D eigenvalue weighted by molar-refractivity contribution is -0.133. The van der Waals surface area contributed by atoms with Crippen molar-refractivity contribution in [1.82, 2.24) is 29.8 Å². The summed E-state index contributed by atoms with van der Waals surface area (Å²) in [6.45, 7) is 5.35. The van der Waals surface area contributed by atoms with Crippen molar-refractivity contribution < 1.29 is 14.1 Å². The van der Waals surface area contributed by atoms with Gasteiger partial charge < -0.3 is 14.3 Å². The SMILES string of the molecule is Cl.O=C(CCc1nc(CN2CCN(C(=O)CCCc3nc4ccccc4s3)CC2)no1)N1CCCCCC1. The first-order chi connectivity index (χ1) is 18.1. The Kier molecular flexibility index (Phi) is 10.5. The molecule has 11 heteroatoms. The lowest BCUT2D eigenvalue weighted by Gasteiger charge is -2.34. The number of likely N-dealkylation sites (tertiary alicyclic amines) is 1. The third kappa shape index (κ3) is 7.74. The largest absolute Gasteiger partial charge is 0.343 e. The molecule has 2 aliphatic heterocycles. The first-order valence-electron chi connectivity index (χ1n) is 13.6. The summed E-state index contributed by atoms with van der Waals surface area (Å²) in [5.41, 5.74) is 1.04. The van der Waals surface area contributed by atoms with Gasteiger partial charge in [0.1, 0.15) is 0 Å². The highest BCUT2D eigenvalue weighted by Gasteiger charge is 2.23. The molecule has 1 aromatic carbocycles. The van der Waals surface area contributed by atoms with Crippen LogP contribution < -0.4 is 0 Å².